The Morgan fingerprint density at radius 3 is 2.50 bits per heavy atom. The van der Waals surface area contributed by atoms with E-state index in [9.17, 15) is 5.11 Å². The predicted octanol–water partition coefficient (Wildman–Crippen LogP) is 0.106. The summed E-state index contributed by atoms with van der Waals surface area (Å²) < 4.78 is 0. The average Bonchev–Trinajstić information content (AvgIpc) is 2.19. The van der Waals surface area contributed by atoms with Crippen LogP contribution in [0, 0.1) is 34.5 Å². The third-order valence-electron chi connectivity index (χ3n) is 2.01. The molecule has 0 radical (unpaired) electrons. The van der Waals surface area contributed by atoms with E-state index in [1.807, 2.05) is 20.0 Å². The molecule has 0 heterocycles. The van der Waals surface area contributed by atoms with Crippen LogP contribution in [0.5, 0.6) is 0 Å². The third kappa shape index (κ3) is 3.51. The first-order valence-corrected chi connectivity index (χ1v) is 4.52. The molecule has 0 aromatic carbocycles. The molecule has 0 aliphatic rings. The first-order chi connectivity index (χ1) is 6.56. The fourth-order valence-corrected chi connectivity index (χ4v) is 1.04. The van der Waals surface area contributed by atoms with Crippen molar-refractivity contribution in [3.05, 3.63) is 11.8 Å². The molecule has 0 bridgehead atoms. The van der Waals surface area contributed by atoms with Crippen LogP contribution in [0.4, 0.5) is 0 Å². The normalized spacial score (nSPS) is 17.6. The lowest BCUT2D eigenvalue weighted by Crippen LogP contribution is -2.31. The van der Waals surface area contributed by atoms with Crippen LogP contribution in [0.2, 0.25) is 6.32 Å². The van der Waals surface area contributed by atoms with Crippen molar-refractivity contribution in [1.82, 2.24) is 0 Å². The summed E-state index contributed by atoms with van der Waals surface area (Å²) in [7, 11) is 1.83. The highest BCUT2D eigenvalue weighted by atomic mass is 16.3. The summed E-state index contributed by atoms with van der Waals surface area (Å²) >= 11 is 0. The van der Waals surface area contributed by atoms with E-state index in [0.717, 1.165) is 0 Å². The number of nitrogens with zero attached hydrogens (tertiary/aromatic N) is 2. The Balaban J connectivity index is 4.55. The molecular formula is C9H14BN3O. The van der Waals surface area contributed by atoms with Crippen LogP contribution in [-0.4, -0.2) is 19.0 Å². The second kappa shape index (κ2) is 6.07. The molecule has 0 aromatic heterocycles. The van der Waals surface area contributed by atoms with Gasteiger partial charge in [0.05, 0.1) is 30.0 Å². The SMILES string of the molecule is BCC(C#N)C(N)/C(O)=C\C(C)C#N. The van der Waals surface area contributed by atoms with Gasteiger partial charge in [-0.15, -0.1) is 0 Å². The van der Waals surface area contributed by atoms with E-state index >= 15 is 0 Å². The van der Waals surface area contributed by atoms with Gasteiger partial charge in [0.2, 0.25) is 0 Å². The Labute approximate surface area is 85.0 Å². The van der Waals surface area contributed by atoms with Gasteiger partial charge in [-0.1, -0.05) is 6.32 Å². The fraction of sp³-hybridized carbons (Fsp3) is 0.556. The highest BCUT2D eigenvalue weighted by Gasteiger charge is 2.19. The maximum Gasteiger partial charge on any atom is 0.108 e. The molecule has 0 aliphatic heterocycles. The summed E-state index contributed by atoms with van der Waals surface area (Å²) in [4.78, 5) is 0. The first-order valence-electron chi connectivity index (χ1n) is 4.52. The van der Waals surface area contributed by atoms with Crippen molar-refractivity contribution in [3.63, 3.8) is 0 Å². The maximum absolute atomic E-state index is 9.49. The summed E-state index contributed by atoms with van der Waals surface area (Å²) in [5.74, 6) is -0.873. The van der Waals surface area contributed by atoms with Gasteiger partial charge in [0, 0.05) is 0 Å². The lowest BCUT2D eigenvalue weighted by molar-refractivity contribution is 0.341. The zero-order valence-electron chi connectivity index (χ0n) is 8.44. The number of nitriles is 2. The van der Waals surface area contributed by atoms with Gasteiger partial charge in [0.15, 0.2) is 0 Å². The van der Waals surface area contributed by atoms with E-state index in [-0.39, 0.29) is 5.76 Å². The summed E-state index contributed by atoms with van der Waals surface area (Å²) in [6.07, 6.45) is 1.96. The Hall–Kier alpha value is -1.46. The molecule has 5 heteroatoms. The molecule has 0 saturated heterocycles. The van der Waals surface area contributed by atoms with Crippen molar-refractivity contribution in [2.24, 2.45) is 17.6 Å². The Kier molecular flexibility index (Phi) is 5.44. The van der Waals surface area contributed by atoms with Gasteiger partial charge in [-0.25, -0.2) is 0 Å². The van der Waals surface area contributed by atoms with Gasteiger partial charge in [-0.3, -0.25) is 0 Å². The second-order valence-electron chi connectivity index (χ2n) is 3.18. The fourth-order valence-electron chi connectivity index (χ4n) is 1.04. The molecule has 14 heavy (non-hydrogen) atoms. The smallest absolute Gasteiger partial charge is 0.108 e. The largest absolute Gasteiger partial charge is 0.511 e. The molecule has 0 fully saturated rings. The summed E-state index contributed by atoms with van der Waals surface area (Å²) in [6.45, 7) is 1.65. The maximum atomic E-state index is 9.49. The van der Waals surface area contributed by atoms with Gasteiger partial charge < -0.3 is 10.8 Å². The minimum atomic E-state index is -0.694. The van der Waals surface area contributed by atoms with Crippen LogP contribution >= 0.6 is 0 Å². The van der Waals surface area contributed by atoms with Crippen molar-refractivity contribution in [3.8, 4) is 12.1 Å². The molecule has 3 unspecified atom stereocenters. The lowest BCUT2D eigenvalue weighted by Gasteiger charge is -2.15. The van der Waals surface area contributed by atoms with Crippen molar-refractivity contribution in [2.45, 2.75) is 19.3 Å². The van der Waals surface area contributed by atoms with E-state index < -0.39 is 17.9 Å². The number of rotatable bonds is 4. The van der Waals surface area contributed by atoms with Crippen LogP contribution in [0.25, 0.3) is 0 Å². The van der Waals surface area contributed by atoms with Gasteiger partial charge in [-0.05, 0) is 13.0 Å². The first kappa shape index (κ1) is 12.5. The summed E-state index contributed by atoms with van der Waals surface area (Å²) in [6, 6.07) is 3.27. The van der Waals surface area contributed by atoms with Gasteiger partial charge in [0.1, 0.15) is 13.6 Å². The van der Waals surface area contributed by atoms with Gasteiger partial charge in [0.25, 0.3) is 0 Å². The molecule has 4 nitrogen and oxygen atoms in total. The van der Waals surface area contributed by atoms with Crippen molar-refractivity contribution in [1.29, 1.82) is 10.5 Å². The monoisotopic (exact) mass is 191 g/mol. The number of allylic oxidation sites excluding steroid dienone is 1. The quantitative estimate of drug-likeness (QED) is 0.486. The molecule has 0 aliphatic carbocycles. The Morgan fingerprint density at radius 2 is 2.14 bits per heavy atom. The van der Waals surface area contributed by atoms with E-state index in [0.29, 0.717) is 6.32 Å². The Bertz CT molecular complexity index is 289. The highest BCUT2D eigenvalue weighted by Crippen LogP contribution is 2.12. The number of hydrogen-bond acceptors (Lipinski definition) is 4. The van der Waals surface area contributed by atoms with Crippen LogP contribution < -0.4 is 5.73 Å². The van der Waals surface area contributed by atoms with Crippen molar-refractivity contribution >= 4 is 7.85 Å². The zero-order valence-corrected chi connectivity index (χ0v) is 8.44. The topological polar surface area (TPSA) is 93.8 Å². The van der Waals surface area contributed by atoms with Crippen LogP contribution in [0.1, 0.15) is 6.92 Å². The molecule has 0 amide bonds. The molecular weight excluding hydrogens is 177 g/mol. The summed E-state index contributed by atoms with van der Waals surface area (Å²) in [5.41, 5.74) is 5.64. The van der Waals surface area contributed by atoms with Crippen LogP contribution in [0.3, 0.4) is 0 Å². The third-order valence-corrected chi connectivity index (χ3v) is 2.01. The molecule has 0 rings (SSSR count). The Morgan fingerprint density at radius 1 is 1.57 bits per heavy atom. The number of nitrogens with two attached hydrogens (primary N) is 1. The molecule has 74 valence electrons. The molecule has 0 aromatic rings. The summed E-state index contributed by atoms with van der Waals surface area (Å²) in [5, 5.41) is 26.7. The van der Waals surface area contributed by atoms with Crippen LogP contribution in [0.15, 0.2) is 11.8 Å². The molecule has 3 atom stereocenters. The zero-order chi connectivity index (χ0) is 11.1. The number of aliphatic hydroxyl groups is 1. The standard InChI is InChI=1S/C9H14BN3O/c1-6(4-11)2-8(14)9(13)7(3-10)5-12/h2,6-7,9,14H,3,10,13H2,1H3/b8-2+. The number of aliphatic hydroxyl groups excluding tert-OH is 1. The average molecular weight is 191 g/mol. The van der Waals surface area contributed by atoms with Crippen LogP contribution in [-0.2, 0) is 0 Å². The molecule has 0 spiro atoms. The van der Waals surface area contributed by atoms with E-state index in [2.05, 4.69) is 0 Å². The minimum absolute atomic E-state index is 0.0764. The number of hydrogen-bond donors (Lipinski definition) is 2. The lowest BCUT2D eigenvalue weighted by atomic mass is 9.86. The second-order valence-corrected chi connectivity index (χ2v) is 3.18. The van der Waals surface area contributed by atoms with Gasteiger partial charge in [-0.2, -0.15) is 10.5 Å². The highest BCUT2D eigenvalue weighted by molar-refractivity contribution is 6.08. The van der Waals surface area contributed by atoms with Crippen molar-refractivity contribution < 1.29 is 5.11 Å². The predicted molar refractivity (Wildman–Crippen MR) is 55.9 cm³/mol. The van der Waals surface area contributed by atoms with E-state index in [1.165, 1.54) is 6.08 Å². The minimum Gasteiger partial charge on any atom is -0.511 e. The molecule has 0 saturated carbocycles. The van der Waals surface area contributed by atoms with E-state index in [4.69, 9.17) is 16.3 Å². The van der Waals surface area contributed by atoms with Gasteiger partial charge >= 0.3 is 0 Å². The van der Waals surface area contributed by atoms with Crippen molar-refractivity contribution in [2.75, 3.05) is 0 Å². The molecule has 3 N–H and O–H groups in total. The van der Waals surface area contributed by atoms with E-state index in [1.54, 1.807) is 6.92 Å².